The minimum absolute atomic E-state index is 0.129. The zero-order valence-electron chi connectivity index (χ0n) is 22.0. The van der Waals surface area contributed by atoms with E-state index in [9.17, 15) is 4.79 Å². The zero-order valence-corrected chi connectivity index (χ0v) is 22.0. The van der Waals surface area contributed by atoms with Crippen LogP contribution in [-0.2, 0) is 12.0 Å². The van der Waals surface area contributed by atoms with Crippen molar-refractivity contribution in [3.8, 4) is 5.69 Å². The molecule has 0 saturated heterocycles. The van der Waals surface area contributed by atoms with E-state index in [2.05, 4.69) is 18.8 Å². The van der Waals surface area contributed by atoms with Crippen LogP contribution in [0, 0.1) is 0 Å². The molecule has 0 spiro atoms. The van der Waals surface area contributed by atoms with E-state index in [1.54, 1.807) is 6.08 Å². The summed E-state index contributed by atoms with van der Waals surface area (Å²) in [5.74, 6) is -0.129. The Hall–Kier alpha value is -3.66. The molecule has 0 aliphatic carbocycles. The van der Waals surface area contributed by atoms with E-state index in [1.165, 1.54) is 0 Å². The Morgan fingerprint density at radius 2 is 1.66 bits per heavy atom. The fourth-order valence-electron chi connectivity index (χ4n) is 3.90. The van der Waals surface area contributed by atoms with Gasteiger partial charge in [0.1, 0.15) is 5.69 Å². The Morgan fingerprint density at radius 1 is 1.06 bits per heavy atom. The summed E-state index contributed by atoms with van der Waals surface area (Å²) < 4.78 is 1.91. The van der Waals surface area contributed by atoms with E-state index in [-0.39, 0.29) is 5.91 Å². The highest BCUT2D eigenvalue weighted by atomic mass is 16.1. The van der Waals surface area contributed by atoms with Crippen LogP contribution < -0.4 is 5.32 Å². The number of amides is 1. The topological polar surface area (TPSA) is 46.9 Å². The van der Waals surface area contributed by atoms with Gasteiger partial charge in [0.2, 0.25) is 0 Å². The molecule has 3 aromatic rings. The first-order valence-corrected chi connectivity index (χ1v) is 12.4. The molecule has 0 bridgehead atoms. The van der Waals surface area contributed by atoms with Gasteiger partial charge in [0.25, 0.3) is 5.91 Å². The van der Waals surface area contributed by atoms with E-state index in [4.69, 9.17) is 5.10 Å². The normalized spacial score (nSPS) is 11.7. The highest BCUT2D eigenvalue weighted by Gasteiger charge is 2.30. The fraction of sp³-hybridized carbons (Fsp3) is 0.290. The SMILES string of the molecule is C=C/C=C\C(=C/C)c1nn(-c2ccccc2)c(CCC)c1C(=O)NC(C)(C)c1ccccc1.CC. The molecule has 2 aromatic carbocycles. The van der Waals surface area contributed by atoms with Gasteiger partial charge in [-0.05, 0) is 50.5 Å². The predicted octanol–water partition coefficient (Wildman–Crippen LogP) is 7.66. The van der Waals surface area contributed by atoms with Crippen LogP contribution >= 0.6 is 0 Å². The lowest BCUT2D eigenvalue weighted by molar-refractivity contribution is 0.0910. The number of para-hydroxylation sites is 1. The maximum Gasteiger partial charge on any atom is 0.256 e. The molecule has 3 rings (SSSR count). The Bertz CT molecular complexity index is 1150. The molecule has 4 nitrogen and oxygen atoms in total. The van der Waals surface area contributed by atoms with Gasteiger partial charge >= 0.3 is 0 Å². The van der Waals surface area contributed by atoms with Gasteiger partial charge in [0.15, 0.2) is 0 Å². The molecule has 0 aliphatic heterocycles. The van der Waals surface area contributed by atoms with E-state index >= 15 is 0 Å². The summed E-state index contributed by atoms with van der Waals surface area (Å²) in [4.78, 5) is 13.9. The first-order chi connectivity index (χ1) is 16.9. The monoisotopic (exact) mass is 469 g/mol. The quantitative estimate of drug-likeness (QED) is 0.327. The largest absolute Gasteiger partial charge is 0.343 e. The van der Waals surface area contributed by atoms with Gasteiger partial charge in [0.05, 0.1) is 22.5 Å². The molecule has 0 fully saturated rings. The second kappa shape index (κ2) is 13.3. The number of carbonyl (C=O) groups excluding carboxylic acids is 1. The van der Waals surface area contributed by atoms with Gasteiger partial charge in [-0.2, -0.15) is 5.10 Å². The van der Waals surface area contributed by atoms with E-state index in [0.29, 0.717) is 11.3 Å². The van der Waals surface area contributed by atoms with Gasteiger partial charge in [-0.1, -0.05) is 107 Å². The summed E-state index contributed by atoms with van der Waals surface area (Å²) in [6.07, 6.45) is 9.15. The average Bonchev–Trinajstić information content (AvgIpc) is 3.26. The second-order valence-corrected chi connectivity index (χ2v) is 8.45. The number of rotatable bonds is 9. The minimum Gasteiger partial charge on any atom is -0.343 e. The molecule has 0 aliphatic rings. The number of carbonyl (C=O) groups is 1. The van der Waals surface area contributed by atoms with Crippen LogP contribution in [0.2, 0.25) is 0 Å². The van der Waals surface area contributed by atoms with Crippen LogP contribution in [0.25, 0.3) is 11.3 Å². The molecular weight excluding hydrogens is 430 g/mol. The Kier molecular flexibility index (Phi) is 10.5. The third-order valence-corrected chi connectivity index (χ3v) is 5.61. The first-order valence-electron chi connectivity index (χ1n) is 12.4. The Morgan fingerprint density at radius 3 is 2.20 bits per heavy atom. The van der Waals surface area contributed by atoms with Crippen LogP contribution in [0.5, 0.6) is 0 Å². The maximum atomic E-state index is 13.9. The summed E-state index contributed by atoms with van der Waals surface area (Å²) in [7, 11) is 0. The smallest absolute Gasteiger partial charge is 0.256 e. The molecule has 4 heteroatoms. The number of nitrogens with zero attached hydrogens (tertiary/aromatic N) is 2. The lowest BCUT2D eigenvalue weighted by atomic mass is 9.93. The molecule has 1 heterocycles. The number of hydrogen-bond acceptors (Lipinski definition) is 2. The summed E-state index contributed by atoms with van der Waals surface area (Å²) in [5, 5.41) is 8.21. The molecule has 1 aromatic heterocycles. The molecule has 0 atom stereocenters. The fourth-order valence-corrected chi connectivity index (χ4v) is 3.90. The van der Waals surface area contributed by atoms with Crippen LogP contribution in [0.4, 0.5) is 0 Å². The van der Waals surface area contributed by atoms with Gasteiger partial charge in [-0.25, -0.2) is 4.68 Å². The van der Waals surface area contributed by atoms with Gasteiger partial charge in [-0.3, -0.25) is 4.79 Å². The highest BCUT2D eigenvalue weighted by molar-refractivity contribution is 6.01. The summed E-state index contributed by atoms with van der Waals surface area (Å²) in [5.41, 5.74) is 4.52. The number of aromatic nitrogens is 2. The molecule has 35 heavy (non-hydrogen) atoms. The van der Waals surface area contributed by atoms with Crippen LogP contribution in [-0.4, -0.2) is 15.7 Å². The zero-order chi connectivity index (χ0) is 25.8. The molecule has 0 saturated carbocycles. The molecule has 1 N–H and O–H groups in total. The number of nitrogens with one attached hydrogen (secondary N) is 1. The van der Waals surface area contributed by atoms with E-state index < -0.39 is 5.54 Å². The molecule has 0 radical (unpaired) electrons. The third-order valence-electron chi connectivity index (χ3n) is 5.61. The lowest BCUT2D eigenvalue weighted by Gasteiger charge is -2.27. The van der Waals surface area contributed by atoms with Crippen molar-refractivity contribution in [2.24, 2.45) is 0 Å². The Labute approximate surface area is 211 Å². The Balaban J connectivity index is 0.00000210. The minimum atomic E-state index is -0.541. The van der Waals surface area contributed by atoms with Crippen LogP contribution in [0.3, 0.4) is 0 Å². The maximum absolute atomic E-state index is 13.9. The lowest BCUT2D eigenvalue weighted by Crippen LogP contribution is -2.41. The van der Waals surface area contributed by atoms with Crippen molar-refractivity contribution in [1.82, 2.24) is 15.1 Å². The predicted molar refractivity (Wildman–Crippen MR) is 149 cm³/mol. The van der Waals surface area contributed by atoms with Gasteiger partial charge in [0, 0.05) is 0 Å². The van der Waals surface area contributed by atoms with Crippen LogP contribution in [0.1, 0.15) is 75.3 Å². The molecule has 0 unspecified atom stereocenters. The van der Waals surface area contributed by atoms with Gasteiger partial charge < -0.3 is 5.32 Å². The van der Waals surface area contributed by atoms with Crippen LogP contribution in [0.15, 0.2) is 91.5 Å². The summed E-state index contributed by atoms with van der Waals surface area (Å²) in [6, 6.07) is 20.0. The van der Waals surface area contributed by atoms with Crippen molar-refractivity contribution >= 4 is 11.5 Å². The van der Waals surface area contributed by atoms with Crippen molar-refractivity contribution in [3.63, 3.8) is 0 Å². The van der Waals surface area contributed by atoms with E-state index in [1.807, 2.05) is 118 Å². The van der Waals surface area contributed by atoms with Crippen molar-refractivity contribution < 1.29 is 4.79 Å². The first kappa shape index (κ1) is 27.6. The molecule has 184 valence electrons. The molecule has 1 amide bonds. The average molecular weight is 470 g/mol. The van der Waals surface area contributed by atoms with Crippen molar-refractivity contribution in [1.29, 1.82) is 0 Å². The summed E-state index contributed by atoms with van der Waals surface area (Å²) in [6.45, 7) is 15.9. The second-order valence-electron chi connectivity index (χ2n) is 8.45. The number of allylic oxidation sites excluding steroid dienone is 5. The molecular formula is C31H39N3O. The van der Waals surface area contributed by atoms with Gasteiger partial charge in [-0.15, -0.1) is 0 Å². The standard InChI is InChI=1S/C29H33N3O.C2H6/c1-6-9-17-22(8-3)27-26(28(33)30-29(4,5)23-18-12-10-13-19-23)25(16-7-2)32(31-27)24-20-14-11-15-21-24;1-2/h6,8-15,17-21H,1,7,16H2,2-5H3,(H,30,33);1-2H3/b17-9-,22-8+;. The van der Waals surface area contributed by atoms with E-state index in [0.717, 1.165) is 35.4 Å². The highest BCUT2D eigenvalue weighted by Crippen LogP contribution is 2.29. The number of hydrogen-bond donors (Lipinski definition) is 1. The third kappa shape index (κ3) is 6.69. The van der Waals surface area contributed by atoms with Crippen molar-refractivity contribution in [2.75, 3.05) is 0 Å². The van der Waals surface area contributed by atoms with Crippen molar-refractivity contribution in [2.45, 2.75) is 59.9 Å². The number of benzene rings is 2. The van der Waals surface area contributed by atoms with Crippen molar-refractivity contribution in [3.05, 3.63) is 114 Å². The summed E-state index contributed by atoms with van der Waals surface area (Å²) >= 11 is 0.